The molecule has 0 radical (unpaired) electrons. The summed E-state index contributed by atoms with van der Waals surface area (Å²) in [5, 5.41) is 8.45. The molecule has 4 rings (SSSR count). The molecule has 1 aliphatic heterocycles. The molecule has 1 N–H and O–H groups in total. The Morgan fingerprint density at radius 2 is 2.07 bits per heavy atom. The van der Waals surface area contributed by atoms with Crippen molar-refractivity contribution in [1.82, 2.24) is 20.1 Å². The van der Waals surface area contributed by atoms with E-state index in [1.807, 2.05) is 17.0 Å². The molecule has 0 unspecified atom stereocenters. The number of hydrogen-bond donors (Lipinski definition) is 1. The molecule has 0 saturated carbocycles. The molecule has 1 aromatic carbocycles. The molecule has 1 aliphatic rings. The third kappa shape index (κ3) is 3.20. The zero-order valence-electron chi connectivity index (χ0n) is 15.4. The molecule has 3 heterocycles. The molecule has 0 spiro atoms. The average Bonchev–Trinajstić information content (AvgIpc) is 3.17. The smallest absolute Gasteiger partial charge is 0.254 e. The number of carbonyl (C=O) groups excluding carboxylic acids is 1. The summed E-state index contributed by atoms with van der Waals surface area (Å²) in [5.74, 6) is 1.39. The first kappa shape index (κ1) is 17.3. The first-order chi connectivity index (χ1) is 13.2. The fourth-order valence-electron chi connectivity index (χ4n) is 3.73. The highest BCUT2D eigenvalue weighted by Gasteiger charge is 2.28. The van der Waals surface area contributed by atoms with Crippen LogP contribution in [0.4, 0.5) is 0 Å². The van der Waals surface area contributed by atoms with E-state index in [2.05, 4.69) is 15.2 Å². The number of piperidine rings is 1. The number of ether oxygens (including phenoxy) is 2. The second-order valence-corrected chi connectivity index (χ2v) is 6.67. The number of nitrogens with one attached hydrogen (secondary N) is 1. The lowest BCUT2D eigenvalue weighted by atomic mass is 9.93. The topological polar surface area (TPSA) is 80.3 Å². The van der Waals surface area contributed by atoms with Gasteiger partial charge in [-0.2, -0.15) is 5.10 Å². The van der Waals surface area contributed by atoms with Gasteiger partial charge < -0.3 is 14.4 Å². The summed E-state index contributed by atoms with van der Waals surface area (Å²) in [6.45, 7) is 1.40. The fraction of sp³-hybridized carbons (Fsp3) is 0.350. The van der Waals surface area contributed by atoms with Gasteiger partial charge >= 0.3 is 0 Å². The fourth-order valence-corrected chi connectivity index (χ4v) is 3.73. The van der Waals surface area contributed by atoms with Crippen LogP contribution in [-0.4, -0.2) is 53.3 Å². The standard InChI is InChI=1S/C20H22N4O3/c1-26-16-8-7-13(11-17(16)27-2)20(25)24-10-4-5-14(12-24)18-15-6-3-9-21-19(15)23-22-18/h3,6-9,11,14H,4-5,10,12H2,1-2H3,(H,21,22,23)/t14-/m0/s1. The Bertz CT molecular complexity index is 969. The number of pyridine rings is 1. The maximum Gasteiger partial charge on any atom is 0.254 e. The number of benzene rings is 1. The minimum absolute atomic E-state index is 0.00241. The second kappa shape index (κ2) is 7.26. The maximum absolute atomic E-state index is 13.0. The third-order valence-corrected chi connectivity index (χ3v) is 5.11. The number of nitrogens with zero attached hydrogens (tertiary/aromatic N) is 3. The number of H-pyrrole nitrogens is 1. The van der Waals surface area contributed by atoms with E-state index in [0.29, 0.717) is 23.6 Å². The van der Waals surface area contributed by atoms with Gasteiger partial charge in [0.2, 0.25) is 0 Å². The second-order valence-electron chi connectivity index (χ2n) is 6.67. The summed E-state index contributed by atoms with van der Waals surface area (Å²) in [7, 11) is 3.15. The van der Waals surface area contributed by atoms with Gasteiger partial charge in [-0.25, -0.2) is 4.98 Å². The predicted octanol–water partition coefficient (Wildman–Crippen LogP) is 2.99. The molecule has 7 heteroatoms. The molecular weight excluding hydrogens is 344 g/mol. The largest absolute Gasteiger partial charge is 0.493 e. The molecule has 1 saturated heterocycles. The number of fused-ring (bicyclic) bond motifs is 1. The van der Waals surface area contributed by atoms with Gasteiger partial charge in [0.1, 0.15) is 0 Å². The lowest BCUT2D eigenvalue weighted by Gasteiger charge is -2.32. The number of carbonyl (C=O) groups is 1. The highest BCUT2D eigenvalue weighted by atomic mass is 16.5. The van der Waals surface area contributed by atoms with Gasteiger partial charge in [0.05, 0.1) is 14.2 Å². The van der Waals surface area contributed by atoms with Crippen molar-refractivity contribution < 1.29 is 14.3 Å². The monoisotopic (exact) mass is 366 g/mol. The van der Waals surface area contributed by atoms with Gasteiger partial charge in [-0.3, -0.25) is 9.89 Å². The van der Waals surface area contributed by atoms with Gasteiger partial charge in [0, 0.05) is 41.8 Å². The van der Waals surface area contributed by atoms with Gasteiger partial charge in [0.15, 0.2) is 17.1 Å². The summed E-state index contributed by atoms with van der Waals surface area (Å²) in [4.78, 5) is 19.2. The molecule has 27 heavy (non-hydrogen) atoms. The van der Waals surface area contributed by atoms with Crippen LogP contribution in [0, 0.1) is 0 Å². The Balaban J connectivity index is 1.57. The van der Waals surface area contributed by atoms with Gasteiger partial charge in [-0.15, -0.1) is 0 Å². The van der Waals surface area contributed by atoms with Crippen LogP contribution in [0.3, 0.4) is 0 Å². The van der Waals surface area contributed by atoms with Crippen LogP contribution in [0.2, 0.25) is 0 Å². The van der Waals surface area contributed by atoms with Crippen molar-refractivity contribution in [2.45, 2.75) is 18.8 Å². The van der Waals surface area contributed by atoms with Crippen LogP contribution in [0.25, 0.3) is 11.0 Å². The van der Waals surface area contributed by atoms with Crippen LogP contribution in [0.5, 0.6) is 11.5 Å². The minimum atomic E-state index is 0.00241. The number of rotatable bonds is 4. The van der Waals surface area contributed by atoms with E-state index in [1.165, 1.54) is 0 Å². The average molecular weight is 366 g/mol. The molecule has 0 bridgehead atoms. The third-order valence-electron chi connectivity index (χ3n) is 5.11. The van der Waals surface area contributed by atoms with Crippen molar-refractivity contribution in [3.05, 3.63) is 47.8 Å². The van der Waals surface area contributed by atoms with Crippen molar-refractivity contribution in [3.8, 4) is 11.5 Å². The van der Waals surface area contributed by atoms with E-state index in [-0.39, 0.29) is 11.8 Å². The number of aromatic nitrogens is 3. The number of amides is 1. The van der Waals surface area contributed by atoms with Crippen LogP contribution in [0.15, 0.2) is 36.5 Å². The van der Waals surface area contributed by atoms with E-state index >= 15 is 0 Å². The number of methoxy groups -OCH3 is 2. The molecule has 0 aliphatic carbocycles. The number of likely N-dealkylation sites (tertiary alicyclic amines) is 1. The zero-order valence-corrected chi connectivity index (χ0v) is 15.4. The van der Waals surface area contributed by atoms with Crippen molar-refractivity contribution in [3.63, 3.8) is 0 Å². The van der Waals surface area contributed by atoms with Crippen molar-refractivity contribution in [1.29, 1.82) is 0 Å². The number of aromatic amines is 1. The van der Waals surface area contributed by atoms with Crippen molar-refractivity contribution in [2.75, 3.05) is 27.3 Å². The molecule has 1 fully saturated rings. The molecule has 1 amide bonds. The quantitative estimate of drug-likeness (QED) is 0.768. The van der Waals surface area contributed by atoms with Crippen LogP contribution in [-0.2, 0) is 0 Å². The van der Waals surface area contributed by atoms with Gasteiger partial charge in [0.25, 0.3) is 5.91 Å². The lowest BCUT2D eigenvalue weighted by Crippen LogP contribution is -2.39. The number of hydrogen-bond acceptors (Lipinski definition) is 5. The van der Waals surface area contributed by atoms with Crippen LogP contribution in [0.1, 0.15) is 34.8 Å². The highest BCUT2D eigenvalue weighted by molar-refractivity contribution is 5.95. The Morgan fingerprint density at radius 1 is 1.22 bits per heavy atom. The van der Waals surface area contributed by atoms with Gasteiger partial charge in [-0.05, 0) is 43.2 Å². The van der Waals surface area contributed by atoms with E-state index in [0.717, 1.165) is 36.1 Å². The molecule has 7 nitrogen and oxygen atoms in total. The Morgan fingerprint density at radius 3 is 2.89 bits per heavy atom. The SMILES string of the molecule is COc1ccc(C(=O)N2CCC[C@H](c3[nH]nc4ncccc34)C2)cc1OC. The Labute approximate surface area is 157 Å². The zero-order chi connectivity index (χ0) is 18.8. The van der Waals surface area contributed by atoms with Crippen LogP contribution < -0.4 is 9.47 Å². The summed E-state index contributed by atoms with van der Waals surface area (Å²) < 4.78 is 10.6. The van der Waals surface area contributed by atoms with E-state index in [4.69, 9.17) is 9.47 Å². The minimum Gasteiger partial charge on any atom is -0.493 e. The molecular formula is C20H22N4O3. The molecule has 1 atom stereocenters. The summed E-state index contributed by atoms with van der Waals surface area (Å²) in [6.07, 6.45) is 3.70. The molecule has 3 aromatic rings. The van der Waals surface area contributed by atoms with E-state index in [1.54, 1.807) is 38.6 Å². The predicted molar refractivity (Wildman–Crippen MR) is 101 cm³/mol. The van der Waals surface area contributed by atoms with Crippen LogP contribution >= 0.6 is 0 Å². The van der Waals surface area contributed by atoms with Gasteiger partial charge in [-0.1, -0.05) is 0 Å². The first-order valence-electron chi connectivity index (χ1n) is 9.01. The first-order valence-corrected chi connectivity index (χ1v) is 9.01. The summed E-state index contributed by atoms with van der Waals surface area (Å²) >= 11 is 0. The highest BCUT2D eigenvalue weighted by Crippen LogP contribution is 2.32. The lowest BCUT2D eigenvalue weighted by molar-refractivity contribution is 0.0706. The maximum atomic E-state index is 13.0. The normalized spacial score (nSPS) is 17.1. The molecule has 140 valence electrons. The van der Waals surface area contributed by atoms with Crippen molar-refractivity contribution in [2.24, 2.45) is 0 Å². The summed E-state index contributed by atoms with van der Waals surface area (Å²) in [6, 6.07) is 9.22. The molecule has 2 aromatic heterocycles. The van der Waals surface area contributed by atoms with E-state index in [9.17, 15) is 4.79 Å². The Hall–Kier alpha value is -3.09. The van der Waals surface area contributed by atoms with Crippen molar-refractivity contribution >= 4 is 16.9 Å². The Kier molecular flexibility index (Phi) is 4.66. The van der Waals surface area contributed by atoms with E-state index < -0.39 is 0 Å². The summed E-state index contributed by atoms with van der Waals surface area (Å²) in [5.41, 5.74) is 2.38.